The molecule has 0 saturated carbocycles. The van der Waals surface area contributed by atoms with Crippen LogP contribution < -0.4 is 9.64 Å². The van der Waals surface area contributed by atoms with Gasteiger partial charge in [0, 0.05) is 37.8 Å². The van der Waals surface area contributed by atoms with Crippen LogP contribution in [-0.4, -0.2) is 48.5 Å². The third-order valence-corrected chi connectivity index (χ3v) is 4.92. The minimum absolute atomic E-state index is 0.336. The summed E-state index contributed by atoms with van der Waals surface area (Å²) >= 11 is 0. The molecule has 2 heterocycles. The predicted octanol–water partition coefficient (Wildman–Crippen LogP) is 3.38. The standard InChI is InChI=1S/C21H23N3O3/c1-26-21-9-5-2-6-17(21)18-14-16(27-22-18)15-23-10-12-24(13-11-23)19-7-3-4-8-20(19)25/h2-9,14,25H,10-13,15H2,1H3. The second kappa shape index (κ2) is 7.72. The van der Waals surface area contributed by atoms with Gasteiger partial charge in [0.2, 0.25) is 0 Å². The Morgan fingerprint density at radius 2 is 1.78 bits per heavy atom. The first-order valence-corrected chi connectivity index (χ1v) is 9.09. The quantitative estimate of drug-likeness (QED) is 0.748. The molecule has 2 aromatic carbocycles. The summed E-state index contributed by atoms with van der Waals surface area (Å²) in [6, 6.07) is 17.3. The Morgan fingerprint density at radius 1 is 1.04 bits per heavy atom. The van der Waals surface area contributed by atoms with Gasteiger partial charge in [-0.25, -0.2) is 0 Å². The van der Waals surface area contributed by atoms with Crippen molar-refractivity contribution in [2.24, 2.45) is 0 Å². The summed E-state index contributed by atoms with van der Waals surface area (Å²) in [5.74, 6) is 1.96. The van der Waals surface area contributed by atoms with Gasteiger partial charge in [-0.1, -0.05) is 29.4 Å². The molecule has 6 heteroatoms. The van der Waals surface area contributed by atoms with Crippen molar-refractivity contribution >= 4 is 5.69 Å². The van der Waals surface area contributed by atoms with Crippen LogP contribution in [0.3, 0.4) is 0 Å². The molecule has 0 spiro atoms. The number of methoxy groups -OCH3 is 1. The Bertz CT molecular complexity index is 901. The maximum atomic E-state index is 10.0. The van der Waals surface area contributed by atoms with E-state index in [4.69, 9.17) is 9.26 Å². The Labute approximate surface area is 158 Å². The van der Waals surface area contributed by atoms with Gasteiger partial charge in [-0.2, -0.15) is 0 Å². The molecule has 0 radical (unpaired) electrons. The number of phenolic OH excluding ortho intramolecular Hbond substituents is 1. The number of benzene rings is 2. The molecule has 6 nitrogen and oxygen atoms in total. The Balaban J connectivity index is 1.39. The summed E-state index contributed by atoms with van der Waals surface area (Å²) in [5.41, 5.74) is 2.62. The average molecular weight is 365 g/mol. The van der Waals surface area contributed by atoms with Gasteiger partial charge in [0.1, 0.15) is 17.2 Å². The molecule has 1 aliphatic rings. The molecule has 0 unspecified atom stereocenters. The predicted molar refractivity (Wildman–Crippen MR) is 104 cm³/mol. The largest absolute Gasteiger partial charge is 0.506 e. The normalized spacial score (nSPS) is 15.1. The smallest absolute Gasteiger partial charge is 0.151 e. The van der Waals surface area contributed by atoms with E-state index in [0.717, 1.165) is 61.2 Å². The van der Waals surface area contributed by atoms with Crippen LogP contribution in [0.2, 0.25) is 0 Å². The Hall–Kier alpha value is -2.99. The summed E-state index contributed by atoms with van der Waals surface area (Å²) < 4.78 is 11.0. The van der Waals surface area contributed by atoms with Crippen molar-refractivity contribution in [3.05, 3.63) is 60.4 Å². The lowest BCUT2D eigenvalue weighted by molar-refractivity contribution is 0.219. The summed E-state index contributed by atoms with van der Waals surface area (Å²) in [7, 11) is 1.66. The fraction of sp³-hybridized carbons (Fsp3) is 0.286. The molecule has 1 fully saturated rings. The highest BCUT2D eigenvalue weighted by atomic mass is 16.5. The van der Waals surface area contributed by atoms with Gasteiger partial charge in [0.25, 0.3) is 0 Å². The van der Waals surface area contributed by atoms with E-state index < -0.39 is 0 Å². The molecule has 1 aliphatic heterocycles. The van der Waals surface area contributed by atoms with Crippen molar-refractivity contribution in [3.8, 4) is 22.8 Å². The van der Waals surface area contributed by atoms with E-state index in [2.05, 4.69) is 15.0 Å². The Morgan fingerprint density at radius 3 is 2.56 bits per heavy atom. The van der Waals surface area contributed by atoms with Gasteiger partial charge < -0.3 is 19.3 Å². The highest BCUT2D eigenvalue weighted by Crippen LogP contribution is 2.30. The molecule has 1 N–H and O–H groups in total. The number of aromatic hydroxyl groups is 1. The number of para-hydroxylation sites is 3. The summed E-state index contributed by atoms with van der Waals surface area (Å²) in [6.45, 7) is 4.25. The number of piperazine rings is 1. The van der Waals surface area contributed by atoms with Gasteiger partial charge in [0.15, 0.2) is 5.76 Å². The fourth-order valence-electron chi connectivity index (χ4n) is 3.47. The number of phenols is 1. The van der Waals surface area contributed by atoms with E-state index >= 15 is 0 Å². The van der Waals surface area contributed by atoms with E-state index in [1.807, 2.05) is 48.5 Å². The van der Waals surface area contributed by atoms with Gasteiger partial charge in [-0.3, -0.25) is 4.90 Å². The van der Waals surface area contributed by atoms with Crippen LogP contribution in [-0.2, 0) is 6.54 Å². The molecule has 0 aliphatic carbocycles. The SMILES string of the molecule is COc1ccccc1-c1cc(CN2CCN(c3ccccc3O)CC2)on1. The fourth-order valence-corrected chi connectivity index (χ4v) is 3.47. The molecule has 0 amide bonds. The van der Waals surface area contributed by atoms with Crippen molar-refractivity contribution < 1.29 is 14.4 Å². The number of hydrogen-bond acceptors (Lipinski definition) is 6. The van der Waals surface area contributed by atoms with E-state index in [1.165, 1.54) is 0 Å². The van der Waals surface area contributed by atoms with Crippen LogP contribution in [0.15, 0.2) is 59.1 Å². The number of ether oxygens (including phenoxy) is 1. The van der Waals surface area contributed by atoms with Gasteiger partial charge in [-0.05, 0) is 24.3 Å². The second-order valence-electron chi connectivity index (χ2n) is 6.63. The first-order valence-electron chi connectivity index (χ1n) is 9.09. The lowest BCUT2D eigenvalue weighted by Gasteiger charge is -2.35. The number of hydrogen-bond donors (Lipinski definition) is 1. The summed E-state index contributed by atoms with van der Waals surface area (Å²) in [6.07, 6.45) is 0. The first kappa shape index (κ1) is 17.4. The minimum Gasteiger partial charge on any atom is -0.506 e. The lowest BCUT2D eigenvalue weighted by atomic mass is 10.1. The molecule has 1 aromatic heterocycles. The number of aromatic nitrogens is 1. The van der Waals surface area contributed by atoms with Gasteiger partial charge >= 0.3 is 0 Å². The van der Waals surface area contributed by atoms with Gasteiger partial charge in [0.05, 0.1) is 19.3 Å². The number of rotatable bonds is 5. The van der Waals surface area contributed by atoms with Crippen molar-refractivity contribution in [1.29, 1.82) is 0 Å². The molecule has 0 bridgehead atoms. The average Bonchev–Trinajstić information content (AvgIpc) is 3.17. The molecule has 1 saturated heterocycles. The zero-order valence-electron chi connectivity index (χ0n) is 15.3. The van der Waals surface area contributed by atoms with Crippen molar-refractivity contribution in [3.63, 3.8) is 0 Å². The highest BCUT2D eigenvalue weighted by molar-refractivity contribution is 5.66. The second-order valence-corrected chi connectivity index (χ2v) is 6.63. The number of nitrogens with zero attached hydrogens (tertiary/aromatic N) is 3. The zero-order chi connectivity index (χ0) is 18.6. The van der Waals surface area contributed by atoms with Crippen LogP contribution in [0.25, 0.3) is 11.3 Å². The maximum Gasteiger partial charge on any atom is 0.151 e. The van der Waals surface area contributed by atoms with Crippen molar-refractivity contribution in [2.45, 2.75) is 6.54 Å². The van der Waals surface area contributed by atoms with Crippen molar-refractivity contribution in [2.75, 3.05) is 38.2 Å². The third-order valence-electron chi connectivity index (χ3n) is 4.92. The van der Waals surface area contributed by atoms with E-state index in [1.54, 1.807) is 13.2 Å². The van der Waals surface area contributed by atoms with E-state index in [9.17, 15) is 5.11 Å². The lowest BCUT2D eigenvalue weighted by Crippen LogP contribution is -2.45. The molecule has 0 atom stereocenters. The van der Waals surface area contributed by atoms with Crippen molar-refractivity contribution in [1.82, 2.24) is 10.1 Å². The van der Waals surface area contributed by atoms with Crippen LogP contribution in [0.5, 0.6) is 11.5 Å². The molecule has 3 aromatic rings. The van der Waals surface area contributed by atoms with Gasteiger partial charge in [-0.15, -0.1) is 0 Å². The monoisotopic (exact) mass is 365 g/mol. The highest BCUT2D eigenvalue weighted by Gasteiger charge is 2.20. The zero-order valence-corrected chi connectivity index (χ0v) is 15.3. The number of anilines is 1. The Kier molecular flexibility index (Phi) is 4.98. The molecular weight excluding hydrogens is 342 g/mol. The van der Waals surface area contributed by atoms with Crippen LogP contribution >= 0.6 is 0 Å². The molecule has 140 valence electrons. The maximum absolute atomic E-state index is 10.0. The van der Waals surface area contributed by atoms with E-state index in [-0.39, 0.29) is 0 Å². The third kappa shape index (κ3) is 3.75. The topological polar surface area (TPSA) is 62.0 Å². The summed E-state index contributed by atoms with van der Waals surface area (Å²) in [4.78, 5) is 4.55. The summed E-state index contributed by atoms with van der Waals surface area (Å²) in [5, 5.41) is 14.2. The molecule has 4 rings (SSSR count). The first-order chi connectivity index (χ1) is 13.2. The van der Waals surface area contributed by atoms with E-state index in [0.29, 0.717) is 5.75 Å². The minimum atomic E-state index is 0.336. The van der Waals surface area contributed by atoms with Crippen LogP contribution in [0, 0.1) is 0 Å². The van der Waals surface area contributed by atoms with Crippen LogP contribution in [0.1, 0.15) is 5.76 Å². The molecular formula is C21H23N3O3. The van der Waals surface area contributed by atoms with Crippen LogP contribution in [0.4, 0.5) is 5.69 Å². The molecule has 27 heavy (non-hydrogen) atoms.